The van der Waals surface area contributed by atoms with Gasteiger partial charge in [-0.2, -0.15) is 0 Å². The Morgan fingerprint density at radius 2 is 1.41 bits per heavy atom. The van der Waals surface area contributed by atoms with E-state index in [1.165, 1.54) is 0 Å². The maximum atomic E-state index is 12.2. The van der Waals surface area contributed by atoms with E-state index in [4.69, 9.17) is 4.74 Å². The van der Waals surface area contributed by atoms with Crippen LogP contribution in [0.5, 0.6) is 5.75 Å². The molecule has 0 unspecified atom stereocenters. The summed E-state index contributed by atoms with van der Waals surface area (Å²) in [5.41, 5.74) is 3.45. The van der Waals surface area contributed by atoms with Crippen LogP contribution in [0.1, 0.15) is 13.8 Å². The molecular formula is C24H24N2O3. The lowest BCUT2D eigenvalue weighted by Crippen LogP contribution is -2.21. The number of rotatable bonds is 7. The van der Waals surface area contributed by atoms with Crippen LogP contribution >= 0.6 is 0 Å². The molecule has 5 heteroatoms. The van der Waals surface area contributed by atoms with Crippen LogP contribution in [0.25, 0.3) is 11.1 Å². The average molecular weight is 388 g/mol. The highest BCUT2D eigenvalue weighted by molar-refractivity contribution is 5.95. The lowest BCUT2D eigenvalue weighted by atomic mass is 10.1. The summed E-state index contributed by atoms with van der Waals surface area (Å²) in [6.07, 6.45) is 0. The molecule has 3 aromatic rings. The van der Waals surface area contributed by atoms with E-state index < -0.39 is 0 Å². The first kappa shape index (κ1) is 20.1. The van der Waals surface area contributed by atoms with Crippen molar-refractivity contribution in [3.05, 3.63) is 78.9 Å². The van der Waals surface area contributed by atoms with Gasteiger partial charge in [-0.05, 0) is 41.5 Å². The van der Waals surface area contributed by atoms with E-state index in [9.17, 15) is 9.59 Å². The molecule has 3 rings (SSSR count). The predicted octanol–water partition coefficient (Wildman–Crippen LogP) is 4.97. The fraction of sp³-hybridized carbons (Fsp3) is 0.167. The van der Waals surface area contributed by atoms with Gasteiger partial charge in [0.15, 0.2) is 6.61 Å². The minimum Gasteiger partial charge on any atom is -0.484 e. The molecule has 0 bridgehead atoms. The van der Waals surface area contributed by atoms with Crippen molar-refractivity contribution in [3.8, 4) is 16.9 Å². The van der Waals surface area contributed by atoms with Gasteiger partial charge in [-0.15, -0.1) is 0 Å². The van der Waals surface area contributed by atoms with Crippen LogP contribution in [0.4, 0.5) is 11.4 Å². The first-order valence-corrected chi connectivity index (χ1v) is 9.50. The number of hydrogen-bond donors (Lipinski definition) is 2. The summed E-state index contributed by atoms with van der Waals surface area (Å²) in [6, 6.07) is 24.7. The maximum Gasteiger partial charge on any atom is 0.262 e. The van der Waals surface area contributed by atoms with Crippen LogP contribution < -0.4 is 15.4 Å². The van der Waals surface area contributed by atoms with Crippen LogP contribution in [0.2, 0.25) is 0 Å². The van der Waals surface area contributed by atoms with Crippen molar-refractivity contribution in [2.24, 2.45) is 5.92 Å². The molecule has 0 heterocycles. The fourth-order valence-electron chi connectivity index (χ4n) is 2.68. The van der Waals surface area contributed by atoms with Crippen molar-refractivity contribution in [2.45, 2.75) is 13.8 Å². The topological polar surface area (TPSA) is 67.4 Å². The second-order valence-electron chi connectivity index (χ2n) is 6.95. The van der Waals surface area contributed by atoms with Gasteiger partial charge in [0.2, 0.25) is 5.91 Å². The molecule has 3 aromatic carbocycles. The standard InChI is InChI=1S/C24H24N2O3/c1-17(2)24(28)26-21-10-6-9-20(15-21)25-23(27)16-29-22-13-11-19(12-14-22)18-7-4-3-5-8-18/h3-15,17H,16H2,1-2H3,(H,25,27)(H,26,28). The van der Waals surface area contributed by atoms with Crippen LogP contribution in [0.15, 0.2) is 78.9 Å². The first-order valence-electron chi connectivity index (χ1n) is 9.50. The summed E-state index contributed by atoms with van der Waals surface area (Å²) in [5, 5.41) is 5.59. The van der Waals surface area contributed by atoms with Crippen molar-refractivity contribution in [2.75, 3.05) is 17.2 Å². The third-order valence-corrected chi connectivity index (χ3v) is 4.27. The minimum absolute atomic E-state index is 0.0734. The largest absolute Gasteiger partial charge is 0.484 e. The van der Waals surface area contributed by atoms with Crippen molar-refractivity contribution in [1.29, 1.82) is 0 Å². The quantitative estimate of drug-likeness (QED) is 0.601. The Morgan fingerprint density at radius 1 is 0.793 bits per heavy atom. The van der Waals surface area contributed by atoms with Gasteiger partial charge in [0, 0.05) is 17.3 Å². The fourth-order valence-corrected chi connectivity index (χ4v) is 2.68. The van der Waals surface area contributed by atoms with E-state index in [1.807, 2.05) is 68.4 Å². The summed E-state index contributed by atoms with van der Waals surface area (Å²) >= 11 is 0. The Hall–Kier alpha value is -3.60. The lowest BCUT2D eigenvalue weighted by Gasteiger charge is -2.11. The number of nitrogens with one attached hydrogen (secondary N) is 2. The number of ether oxygens (including phenoxy) is 1. The molecule has 0 radical (unpaired) electrons. The third kappa shape index (κ3) is 5.94. The van der Waals surface area contributed by atoms with Crippen molar-refractivity contribution < 1.29 is 14.3 Å². The second-order valence-corrected chi connectivity index (χ2v) is 6.95. The number of anilines is 2. The van der Waals surface area contributed by atoms with Gasteiger partial charge in [0.25, 0.3) is 5.91 Å². The Kier molecular flexibility index (Phi) is 6.63. The van der Waals surface area contributed by atoms with E-state index in [0.717, 1.165) is 11.1 Å². The monoisotopic (exact) mass is 388 g/mol. The molecule has 0 atom stereocenters. The zero-order valence-corrected chi connectivity index (χ0v) is 16.5. The van der Waals surface area contributed by atoms with Crippen molar-refractivity contribution >= 4 is 23.2 Å². The van der Waals surface area contributed by atoms with Crippen LogP contribution in [-0.2, 0) is 9.59 Å². The van der Waals surface area contributed by atoms with Gasteiger partial charge in [-0.3, -0.25) is 9.59 Å². The molecule has 0 aliphatic heterocycles. The Morgan fingerprint density at radius 3 is 2.07 bits per heavy atom. The molecule has 148 valence electrons. The van der Waals surface area contributed by atoms with E-state index in [-0.39, 0.29) is 24.3 Å². The number of carbonyl (C=O) groups is 2. The highest BCUT2D eigenvalue weighted by atomic mass is 16.5. The van der Waals surface area contributed by atoms with Crippen LogP contribution in [0, 0.1) is 5.92 Å². The van der Waals surface area contributed by atoms with E-state index in [1.54, 1.807) is 24.3 Å². The molecule has 0 saturated heterocycles. The summed E-state index contributed by atoms with van der Waals surface area (Å²) in [6.45, 7) is 3.54. The summed E-state index contributed by atoms with van der Waals surface area (Å²) < 4.78 is 5.58. The van der Waals surface area contributed by atoms with E-state index >= 15 is 0 Å². The SMILES string of the molecule is CC(C)C(=O)Nc1cccc(NC(=O)COc2ccc(-c3ccccc3)cc2)c1. The number of carbonyl (C=O) groups excluding carboxylic acids is 2. The van der Waals surface area contributed by atoms with Gasteiger partial charge < -0.3 is 15.4 Å². The highest BCUT2D eigenvalue weighted by Gasteiger charge is 2.09. The Balaban J connectivity index is 1.53. The van der Waals surface area contributed by atoms with Gasteiger partial charge in [0.1, 0.15) is 5.75 Å². The first-order chi connectivity index (χ1) is 14.0. The maximum absolute atomic E-state index is 12.2. The average Bonchev–Trinajstić information content (AvgIpc) is 2.73. The molecule has 0 fully saturated rings. The minimum atomic E-state index is -0.274. The van der Waals surface area contributed by atoms with E-state index in [0.29, 0.717) is 17.1 Å². The molecule has 0 spiro atoms. The van der Waals surface area contributed by atoms with Crippen molar-refractivity contribution in [3.63, 3.8) is 0 Å². The predicted molar refractivity (Wildman–Crippen MR) is 116 cm³/mol. The molecular weight excluding hydrogens is 364 g/mol. The van der Waals surface area contributed by atoms with Gasteiger partial charge in [-0.25, -0.2) is 0 Å². The second kappa shape index (κ2) is 9.55. The normalized spacial score (nSPS) is 10.4. The number of amides is 2. The summed E-state index contributed by atoms with van der Waals surface area (Å²) in [4.78, 5) is 24.0. The molecule has 0 aromatic heterocycles. The summed E-state index contributed by atoms with van der Waals surface area (Å²) in [5.74, 6) is 0.160. The molecule has 2 N–H and O–H groups in total. The van der Waals surface area contributed by atoms with Gasteiger partial charge in [0.05, 0.1) is 0 Å². The van der Waals surface area contributed by atoms with Crippen LogP contribution in [0.3, 0.4) is 0 Å². The third-order valence-electron chi connectivity index (χ3n) is 4.27. The highest BCUT2D eigenvalue weighted by Crippen LogP contribution is 2.22. The lowest BCUT2D eigenvalue weighted by molar-refractivity contribution is -0.119. The van der Waals surface area contributed by atoms with E-state index in [2.05, 4.69) is 10.6 Å². The zero-order valence-electron chi connectivity index (χ0n) is 16.5. The molecule has 0 aliphatic carbocycles. The molecule has 29 heavy (non-hydrogen) atoms. The van der Waals surface area contributed by atoms with Crippen LogP contribution in [-0.4, -0.2) is 18.4 Å². The van der Waals surface area contributed by atoms with Gasteiger partial charge >= 0.3 is 0 Å². The zero-order chi connectivity index (χ0) is 20.6. The smallest absolute Gasteiger partial charge is 0.262 e. The molecule has 0 saturated carbocycles. The van der Waals surface area contributed by atoms with Crippen molar-refractivity contribution in [1.82, 2.24) is 0 Å². The summed E-state index contributed by atoms with van der Waals surface area (Å²) in [7, 11) is 0. The number of benzene rings is 3. The molecule has 0 aliphatic rings. The molecule has 2 amide bonds. The Bertz CT molecular complexity index is 967. The number of hydrogen-bond acceptors (Lipinski definition) is 3. The Labute approximate surface area is 170 Å². The molecule has 5 nitrogen and oxygen atoms in total. The van der Waals surface area contributed by atoms with Gasteiger partial charge in [-0.1, -0.05) is 62.4 Å².